The van der Waals surface area contributed by atoms with Gasteiger partial charge in [-0.2, -0.15) is 5.26 Å². The molecule has 2 aromatic carbocycles. The number of piperazine rings is 1. The van der Waals surface area contributed by atoms with Gasteiger partial charge in [-0.3, -0.25) is 15.0 Å². The zero-order valence-corrected chi connectivity index (χ0v) is 16.0. The lowest BCUT2D eigenvalue weighted by Gasteiger charge is -2.35. The maximum absolute atomic E-state index is 11.6. The molecule has 9 nitrogen and oxygen atoms in total. The number of hydrogen-bond acceptors (Lipinski definition) is 8. The molecule has 2 aromatic rings. The molecule has 1 fully saturated rings. The molecule has 1 N–H and O–H groups in total. The molecule has 29 heavy (non-hydrogen) atoms. The minimum Gasteiger partial charge on any atom is -0.465 e. The highest BCUT2D eigenvalue weighted by molar-refractivity contribution is 5.91. The SMILES string of the molecule is COC(=O)c1ccc(Nc2cccc(N3CCN(CC#N)CC3)c2)c([N+](=O)[O-])c1. The summed E-state index contributed by atoms with van der Waals surface area (Å²) >= 11 is 0. The first-order valence-corrected chi connectivity index (χ1v) is 9.10. The molecule has 1 aliphatic heterocycles. The van der Waals surface area contributed by atoms with E-state index in [-0.39, 0.29) is 11.3 Å². The number of hydrogen-bond donors (Lipinski definition) is 1. The second kappa shape index (κ2) is 9.03. The number of nitriles is 1. The summed E-state index contributed by atoms with van der Waals surface area (Å²) in [7, 11) is 1.23. The highest BCUT2D eigenvalue weighted by atomic mass is 16.6. The summed E-state index contributed by atoms with van der Waals surface area (Å²) in [6.45, 7) is 3.66. The van der Waals surface area contributed by atoms with E-state index in [1.807, 2.05) is 24.3 Å². The van der Waals surface area contributed by atoms with Crippen molar-refractivity contribution in [1.29, 1.82) is 5.26 Å². The fraction of sp³-hybridized carbons (Fsp3) is 0.300. The Kier molecular flexibility index (Phi) is 6.26. The molecule has 0 amide bonds. The van der Waals surface area contributed by atoms with Crippen LogP contribution in [-0.2, 0) is 4.74 Å². The van der Waals surface area contributed by atoms with Crippen LogP contribution in [0.1, 0.15) is 10.4 Å². The smallest absolute Gasteiger partial charge is 0.338 e. The average Bonchev–Trinajstić information content (AvgIpc) is 2.74. The summed E-state index contributed by atoms with van der Waals surface area (Å²) in [4.78, 5) is 26.9. The molecule has 0 bridgehead atoms. The Morgan fingerprint density at radius 3 is 2.66 bits per heavy atom. The lowest BCUT2D eigenvalue weighted by atomic mass is 10.1. The molecular weight excluding hydrogens is 374 g/mol. The number of anilines is 3. The first-order chi connectivity index (χ1) is 14.0. The Morgan fingerprint density at radius 1 is 1.24 bits per heavy atom. The molecule has 0 saturated carbocycles. The van der Waals surface area contributed by atoms with Gasteiger partial charge in [0.2, 0.25) is 0 Å². The Hall–Kier alpha value is -3.64. The minimum atomic E-state index is -0.628. The van der Waals surface area contributed by atoms with Crippen molar-refractivity contribution >= 4 is 28.7 Å². The van der Waals surface area contributed by atoms with Gasteiger partial charge < -0.3 is 15.0 Å². The van der Waals surface area contributed by atoms with Crippen LogP contribution in [0.25, 0.3) is 0 Å². The van der Waals surface area contributed by atoms with Gasteiger partial charge in [0.1, 0.15) is 5.69 Å². The lowest BCUT2D eigenvalue weighted by molar-refractivity contribution is -0.383. The second-order valence-corrected chi connectivity index (χ2v) is 6.58. The highest BCUT2D eigenvalue weighted by Crippen LogP contribution is 2.30. The number of nitrogens with zero attached hydrogens (tertiary/aromatic N) is 4. The molecule has 0 aliphatic carbocycles. The number of rotatable bonds is 6. The highest BCUT2D eigenvalue weighted by Gasteiger charge is 2.19. The molecule has 0 atom stereocenters. The molecule has 1 saturated heterocycles. The van der Waals surface area contributed by atoms with Gasteiger partial charge >= 0.3 is 5.97 Å². The number of methoxy groups -OCH3 is 1. The number of ether oxygens (including phenoxy) is 1. The Bertz CT molecular complexity index is 948. The summed E-state index contributed by atoms with van der Waals surface area (Å²) in [5, 5.41) is 23.3. The number of nitro groups is 1. The van der Waals surface area contributed by atoms with E-state index in [4.69, 9.17) is 5.26 Å². The Labute approximate surface area is 168 Å². The van der Waals surface area contributed by atoms with Crippen LogP contribution in [0.4, 0.5) is 22.7 Å². The second-order valence-electron chi connectivity index (χ2n) is 6.58. The van der Waals surface area contributed by atoms with Crippen molar-refractivity contribution in [2.45, 2.75) is 0 Å². The van der Waals surface area contributed by atoms with E-state index in [1.54, 1.807) is 0 Å². The first kappa shape index (κ1) is 20.1. The van der Waals surface area contributed by atoms with E-state index >= 15 is 0 Å². The predicted octanol–water partition coefficient (Wildman–Crippen LogP) is 2.77. The van der Waals surface area contributed by atoms with Gasteiger partial charge in [0, 0.05) is 43.6 Å². The van der Waals surface area contributed by atoms with E-state index in [2.05, 4.69) is 25.9 Å². The average molecular weight is 395 g/mol. The fourth-order valence-corrected chi connectivity index (χ4v) is 3.23. The van der Waals surface area contributed by atoms with Gasteiger partial charge in [-0.25, -0.2) is 4.79 Å². The zero-order chi connectivity index (χ0) is 20.8. The summed E-state index contributed by atoms with van der Waals surface area (Å²) in [5.41, 5.74) is 1.91. The number of nitrogens with one attached hydrogen (secondary N) is 1. The maximum Gasteiger partial charge on any atom is 0.338 e. The number of carbonyl (C=O) groups excluding carboxylic acids is 1. The van der Waals surface area contributed by atoms with Crippen LogP contribution in [0.5, 0.6) is 0 Å². The van der Waals surface area contributed by atoms with Crippen molar-refractivity contribution in [3.63, 3.8) is 0 Å². The van der Waals surface area contributed by atoms with E-state index in [1.165, 1.54) is 25.3 Å². The molecule has 3 rings (SSSR count). The molecule has 0 aromatic heterocycles. The van der Waals surface area contributed by atoms with E-state index in [0.29, 0.717) is 17.9 Å². The molecule has 1 heterocycles. The first-order valence-electron chi connectivity index (χ1n) is 9.10. The third-order valence-corrected chi connectivity index (χ3v) is 4.77. The monoisotopic (exact) mass is 395 g/mol. The van der Waals surface area contributed by atoms with Crippen molar-refractivity contribution < 1.29 is 14.5 Å². The maximum atomic E-state index is 11.6. The van der Waals surface area contributed by atoms with Crippen molar-refractivity contribution in [3.05, 3.63) is 58.1 Å². The van der Waals surface area contributed by atoms with Crippen LogP contribution < -0.4 is 10.2 Å². The molecule has 1 aliphatic rings. The molecule has 9 heteroatoms. The predicted molar refractivity (Wildman–Crippen MR) is 108 cm³/mol. The van der Waals surface area contributed by atoms with Crippen LogP contribution in [-0.4, -0.2) is 55.6 Å². The number of carbonyl (C=O) groups is 1. The summed E-state index contributed by atoms with van der Waals surface area (Å²) < 4.78 is 4.63. The van der Waals surface area contributed by atoms with Crippen LogP contribution in [0.3, 0.4) is 0 Å². The van der Waals surface area contributed by atoms with Gasteiger partial charge in [0.15, 0.2) is 0 Å². The molecule has 150 valence electrons. The van der Waals surface area contributed by atoms with E-state index in [9.17, 15) is 14.9 Å². The van der Waals surface area contributed by atoms with E-state index in [0.717, 1.165) is 31.9 Å². The van der Waals surface area contributed by atoms with Crippen molar-refractivity contribution in [2.75, 3.05) is 50.1 Å². The third-order valence-electron chi connectivity index (χ3n) is 4.77. The quantitative estimate of drug-likeness (QED) is 0.344. The largest absolute Gasteiger partial charge is 0.465 e. The summed E-state index contributed by atoms with van der Waals surface area (Å²) in [6, 6.07) is 14.0. The number of benzene rings is 2. The van der Waals surface area contributed by atoms with Crippen molar-refractivity contribution in [3.8, 4) is 6.07 Å². The minimum absolute atomic E-state index is 0.119. The Balaban J connectivity index is 1.78. The van der Waals surface area contributed by atoms with Crippen molar-refractivity contribution in [2.24, 2.45) is 0 Å². The topological polar surface area (TPSA) is 112 Å². The van der Waals surface area contributed by atoms with Crippen LogP contribution in [0.15, 0.2) is 42.5 Å². The summed E-state index contributed by atoms with van der Waals surface area (Å²) in [6.07, 6.45) is 0. The zero-order valence-electron chi connectivity index (χ0n) is 16.0. The molecule has 0 spiro atoms. The van der Waals surface area contributed by atoms with Crippen molar-refractivity contribution in [1.82, 2.24) is 4.90 Å². The number of nitro benzene ring substituents is 1. The molecular formula is C20H21N5O4. The fourth-order valence-electron chi connectivity index (χ4n) is 3.23. The van der Waals surface area contributed by atoms with Crippen LogP contribution >= 0.6 is 0 Å². The van der Waals surface area contributed by atoms with Gasteiger partial charge in [0.25, 0.3) is 5.69 Å². The molecule has 0 unspecified atom stereocenters. The normalized spacial score (nSPS) is 14.1. The standard InChI is InChI=1S/C20H21N5O4/c1-29-20(26)15-5-6-18(19(13-15)25(27)28)22-16-3-2-4-17(14-16)24-11-9-23(8-7-21)10-12-24/h2-6,13-14,22H,8-12H2,1H3. The van der Waals surface area contributed by atoms with Gasteiger partial charge in [-0.15, -0.1) is 0 Å². The van der Waals surface area contributed by atoms with Crippen LogP contribution in [0, 0.1) is 21.4 Å². The summed E-state index contributed by atoms with van der Waals surface area (Å²) in [5.74, 6) is -0.628. The van der Waals surface area contributed by atoms with Crippen LogP contribution in [0.2, 0.25) is 0 Å². The lowest BCUT2D eigenvalue weighted by Crippen LogP contribution is -2.46. The molecule has 0 radical (unpaired) electrons. The third kappa shape index (κ3) is 4.80. The van der Waals surface area contributed by atoms with E-state index < -0.39 is 10.9 Å². The van der Waals surface area contributed by atoms with Gasteiger partial charge in [-0.1, -0.05) is 6.07 Å². The van der Waals surface area contributed by atoms with Gasteiger partial charge in [0.05, 0.1) is 30.2 Å². The Morgan fingerprint density at radius 2 is 2.00 bits per heavy atom. The number of esters is 1. The van der Waals surface area contributed by atoms with Gasteiger partial charge in [-0.05, 0) is 30.3 Å².